The largest absolute Gasteiger partial charge is 0.361 e. The van der Waals surface area contributed by atoms with Crippen molar-refractivity contribution in [2.45, 2.75) is 39.3 Å². The van der Waals surface area contributed by atoms with E-state index in [4.69, 9.17) is 4.52 Å². The molecule has 1 N–H and O–H groups in total. The number of carbonyl (C=O) groups is 2. The molecule has 2 heterocycles. The highest BCUT2D eigenvalue weighted by Crippen LogP contribution is 2.18. The van der Waals surface area contributed by atoms with Crippen LogP contribution in [0, 0.1) is 13.8 Å². The minimum atomic E-state index is -0.345. The Bertz CT molecular complexity index is 799. The third-order valence-electron chi connectivity index (χ3n) is 5.39. The van der Waals surface area contributed by atoms with Gasteiger partial charge in [0.25, 0.3) is 0 Å². The Morgan fingerprint density at radius 2 is 1.96 bits per heavy atom. The van der Waals surface area contributed by atoms with Crippen LogP contribution in [0.4, 0.5) is 0 Å². The van der Waals surface area contributed by atoms with E-state index < -0.39 is 0 Å². The topological polar surface area (TPSA) is 78.7 Å². The van der Waals surface area contributed by atoms with E-state index in [1.54, 1.807) is 11.9 Å². The van der Waals surface area contributed by atoms with Crippen LogP contribution in [0.2, 0.25) is 0 Å². The van der Waals surface area contributed by atoms with E-state index in [-0.39, 0.29) is 17.9 Å². The first-order valence-electron chi connectivity index (χ1n) is 9.68. The average Bonchev–Trinajstić information content (AvgIpc) is 3.04. The van der Waals surface area contributed by atoms with Crippen molar-refractivity contribution in [3.63, 3.8) is 0 Å². The predicted octanol–water partition coefficient (Wildman–Crippen LogP) is 1.68. The third-order valence-corrected chi connectivity index (χ3v) is 5.39. The molecule has 150 valence electrons. The van der Waals surface area contributed by atoms with Gasteiger partial charge < -0.3 is 14.7 Å². The van der Waals surface area contributed by atoms with Gasteiger partial charge in [0.05, 0.1) is 5.69 Å². The molecule has 1 fully saturated rings. The zero-order chi connectivity index (χ0) is 20.1. The van der Waals surface area contributed by atoms with Crippen molar-refractivity contribution in [3.8, 4) is 0 Å². The second-order valence-electron chi connectivity index (χ2n) is 7.23. The third kappa shape index (κ3) is 4.59. The van der Waals surface area contributed by atoms with E-state index in [2.05, 4.69) is 27.5 Å². The number of carbonyl (C=O) groups excluding carboxylic acids is 2. The van der Waals surface area contributed by atoms with Crippen molar-refractivity contribution in [2.75, 3.05) is 26.7 Å². The number of piperazine rings is 1. The second-order valence-corrected chi connectivity index (χ2v) is 7.23. The van der Waals surface area contributed by atoms with Crippen LogP contribution in [0.15, 0.2) is 34.9 Å². The van der Waals surface area contributed by atoms with E-state index in [0.29, 0.717) is 39.0 Å². The van der Waals surface area contributed by atoms with Gasteiger partial charge in [-0.15, -0.1) is 0 Å². The van der Waals surface area contributed by atoms with Gasteiger partial charge in [0.15, 0.2) is 0 Å². The summed E-state index contributed by atoms with van der Waals surface area (Å²) in [6, 6.07) is 9.75. The average molecular weight is 384 g/mol. The van der Waals surface area contributed by atoms with Crippen LogP contribution in [0.1, 0.15) is 29.0 Å². The van der Waals surface area contributed by atoms with Crippen LogP contribution in [0.3, 0.4) is 0 Å². The number of benzene rings is 1. The molecule has 1 aliphatic rings. The minimum Gasteiger partial charge on any atom is -0.361 e. The lowest BCUT2D eigenvalue weighted by Gasteiger charge is -2.40. The number of hydrogen-bond acceptors (Lipinski definition) is 5. The van der Waals surface area contributed by atoms with Crippen LogP contribution in [0.5, 0.6) is 0 Å². The maximum Gasteiger partial charge on any atom is 0.238 e. The molecule has 0 spiro atoms. The van der Waals surface area contributed by atoms with Gasteiger partial charge >= 0.3 is 0 Å². The van der Waals surface area contributed by atoms with E-state index in [0.717, 1.165) is 22.6 Å². The highest BCUT2D eigenvalue weighted by atomic mass is 16.5. The number of nitrogens with zero attached hydrogens (tertiary/aromatic N) is 3. The van der Waals surface area contributed by atoms with Gasteiger partial charge in [-0.1, -0.05) is 35.5 Å². The molecular weight excluding hydrogens is 356 g/mol. The Hall–Kier alpha value is -2.67. The molecule has 7 heteroatoms. The van der Waals surface area contributed by atoms with Crippen LogP contribution in [-0.4, -0.2) is 59.5 Å². The summed E-state index contributed by atoms with van der Waals surface area (Å²) in [6.45, 7) is 6.15. The summed E-state index contributed by atoms with van der Waals surface area (Å²) >= 11 is 0. The summed E-state index contributed by atoms with van der Waals surface area (Å²) in [5.41, 5.74) is 3.00. The molecule has 1 atom stereocenters. The van der Waals surface area contributed by atoms with Gasteiger partial charge in [-0.25, -0.2) is 0 Å². The maximum atomic E-state index is 12.8. The van der Waals surface area contributed by atoms with Crippen LogP contribution in [-0.2, 0) is 22.6 Å². The smallest absolute Gasteiger partial charge is 0.238 e. The molecular formula is C21H28N4O3. The molecule has 2 amide bonds. The fourth-order valence-corrected chi connectivity index (χ4v) is 3.72. The first kappa shape index (κ1) is 20.1. The van der Waals surface area contributed by atoms with E-state index in [9.17, 15) is 9.59 Å². The van der Waals surface area contributed by atoms with Crippen molar-refractivity contribution < 1.29 is 14.1 Å². The van der Waals surface area contributed by atoms with Crippen molar-refractivity contribution in [3.05, 3.63) is 52.9 Å². The summed E-state index contributed by atoms with van der Waals surface area (Å²) in [6.07, 6.45) is 0.997. The maximum absolute atomic E-state index is 12.8. The van der Waals surface area contributed by atoms with Gasteiger partial charge in [0.2, 0.25) is 11.8 Å². The highest BCUT2D eigenvalue weighted by Gasteiger charge is 2.33. The molecule has 7 nitrogen and oxygen atoms in total. The summed E-state index contributed by atoms with van der Waals surface area (Å²) in [5.74, 6) is 0.772. The minimum absolute atomic E-state index is 0.0563. The summed E-state index contributed by atoms with van der Waals surface area (Å²) in [4.78, 5) is 29.2. The van der Waals surface area contributed by atoms with Crippen molar-refractivity contribution in [2.24, 2.45) is 0 Å². The van der Waals surface area contributed by atoms with E-state index >= 15 is 0 Å². The van der Waals surface area contributed by atoms with Gasteiger partial charge in [0, 0.05) is 45.2 Å². The molecule has 28 heavy (non-hydrogen) atoms. The molecule has 0 saturated carbocycles. The lowest BCUT2D eigenvalue weighted by molar-refractivity contribution is -0.138. The van der Waals surface area contributed by atoms with E-state index in [1.165, 1.54) is 0 Å². The monoisotopic (exact) mass is 384 g/mol. The lowest BCUT2D eigenvalue weighted by atomic mass is 10.1. The fourth-order valence-electron chi connectivity index (χ4n) is 3.72. The zero-order valence-corrected chi connectivity index (χ0v) is 16.8. The van der Waals surface area contributed by atoms with Crippen molar-refractivity contribution in [1.29, 1.82) is 0 Å². The predicted molar refractivity (Wildman–Crippen MR) is 106 cm³/mol. The normalized spacial score (nSPS) is 17.5. The van der Waals surface area contributed by atoms with Crippen molar-refractivity contribution in [1.82, 2.24) is 20.3 Å². The zero-order valence-electron chi connectivity index (χ0n) is 16.8. The molecule has 0 aliphatic carbocycles. The number of aryl methyl sites for hydroxylation is 2. The van der Waals surface area contributed by atoms with Crippen LogP contribution >= 0.6 is 0 Å². The van der Waals surface area contributed by atoms with Gasteiger partial charge in [-0.2, -0.15) is 0 Å². The van der Waals surface area contributed by atoms with E-state index in [1.807, 2.05) is 32.0 Å². The number of likely N-dealkylation sites (N-methyl/N-ethyl adjacent to an activating group) is 1. The Balaban J connectivity index is 1.63. The molecule has 3 rings (SSSR count). The first-order chi connectivity index (χ1) is 13.5. The molecule has 0 bridgehead atoms. The van der Waals surface area contributed by atoms with Crippen LogP contribution in [0.25, 0.3) is 0 Å². The lowest BCUT2D eigenvalue weighted by Crippen LogP contribution is -2.59. The molecule has 1 aromatic carbocycles. The molecule has 0 radical (unpaired) electrons. The number of amides is 2. The molecule has 1 aliphatic heterocycles. The van der Waals surface area contributed by atoms with Gasteiger partial charge in [-0.05, 0) is 25.8 Å². The Morgan fingerprint density at radius 1 is 1.21 bits per heavy atom. The summed E-state index contributed by atoms with van der Waals surface area (Å²) in [5, 5.41) is 6.68. The van der Waals surface area contributed by atoms with Gasteiger partial charge in [-0.3, -0.25) is 14.5 Å². The second kappa shape index (κ2) is 9.01. The number of hydrogen-bond donors (Lipinski definition) is 1. The fraction of sp³-hybridized carbons (Fsp3) is 0.476. The van der Waals surface area contributed by atoms with Crippen molar-refractivity contribution >= 4 is 11.8 Å². The first-order valence-corrected chi connectivity index (χ1v) is 9.68. The number of aromatic nitrogens is 1. The summed E-state index contributed by atoms with van der Waals surface area (Å²) < 4.78 is 5.17. The summed E-state index contributed by atoms with van der Waals surface area (Å²) in [7, 11) is 1.64. The number of nitrogens with one attached hydrogen (secondary N) is 1. The quantitative estimate of drug-likeness (QED) is 0.820. The molecule has 1 saturated heterocycles. The molecule has 2 aromatic rings. The SMILES string of the molecule is CNC(=O)C1CN(C(=O)CCc2c(C)noc2C)CCN1Cc1ccccc1. The highest BCUT2D eigenvalue weighted by molar-refractivity contribution is 5.83. The van der Waals surface area contributed by atoms with Crippen LogP contribution < -0.4 is 5.32 Å². The standard InChI is InChI=1S/C21H28N4O3/c1-15-18(16(2)28-23-15)9-10-20(26)25-12-11-24(19(14-25)21(27)22-3)13-17-7-5-4-6-8-17/h4-8,19H,9-14H2,1-3H3,(H,22,27). The number of rotatable bonds is 6. The Morgan fingerprint density at radius 3 is 2.61 bits per heavy atom. The Kier molecular flexibility index (Phi) is 6.46. The molecule has 1 unspecified atom stereocenters. The van der Waals surface area contributed by atoms with Gasteiger partial charge in [0.1, 0.15) is 11.8 Å². The molecule has 1 aromatic heterocycles. The Labute approximate surface area is 165 Å².